The first-order chi connectivity index (χ1) is 26.1. The minimum absolute atomic E-state index is 0.00145. The van der Waals surface area contributed by atoms with E-state index in [9.17, 15) is 47.4 Å². The van der Waals surface area contributed by atoms with E-state index in [1.165, 1.54) is 30.3 Å². The number of nitrogens with zero attached hydrogens (tertiary/aromatic N) is 1. The second-order valence-corrected chi connectivity index (χ2v) is 15.6. The molecule has 15 nitrogen and oxygen atoms in total. The molecule has 4 N–H and O–H groups in total. The van der Waals surface area contributed by atoms with E-state index in [1.54, 1.807) is 48.5 Å². The van der Waals surface area contributed by atoms with E-state index in [4.69, 9.17) is 32.7 Å². The Labute approximate surface area is 325 Å². The van der Waals surface area contributed by atoms with Crippen molar-refractivity contribution in [3.63, 3.8) is 0 Å². The molecule has 2 heterocycles. The Hall–Kier alpha value is -5.45. The molecule has 0 saturated carbocycles. The predicted molar refractivity (Wildman–Crippen MR) is 196 cm³/mol. The fourth-order valence-electron chi connectivity index (χ4n) is 6.82. The summed E-state index contributed by atoms with van der Waals surface area (Å²) in [6, 6.07) is 18.6. The molecule has 18 heteroatoms. The van der Waals surface area contributed by atoms with Gasteiger partial charge in [0.15, 0.2) is 15.2 Å². The number of aliphatic carboxylic acids is 2. The molecule has 0 aromatic heterocycles. The summed E-state index contributed by atoms with van der Waals surface area (Å²) in [6.45, 7) is 0.0668. The van der Waals surface area contributed by atoms with Gasteiger partial charge in [0, 0.05) is 34.7 Å². The molecule has 290 valence electrons. The number of alkyl carbamates (subject to hydrolysis) is 1. The number of hydrogen-bond acceptors (Lipinski definition) is 10. The number of carboxylic acids is 2. The second kappa shape index (κ2) is 16.9. The number of ether oxygens (including phenoxy) is 2. The van der Waals surface area contributed by atoms with Crippen LogP contribution in [0.4, 0.5) is 4.79 Å². The van der Waals surface area contributed by atoms with E-state index in [1.807, 2.05) is 0 Å². The molecule has 1 fully saturated rings. The average molecular weight is 817 g/mol. The number of fused-ring (bicyclic) bond motifs is 1. The average Bonchev–Trinajstić information content (AvgIpc) is 3.13. The van der Waals surface area contributed by atoms with Crippen molar-refractivity contribution in [1.29, 1.82) is 0 Å². The summed E-state index contributed by atoms with van der Waals surface area (Å²) >= 11 is 12.1. The summed E-state index contributed by atoms with van der Waals surface area (Å²) in [7, 11) is -4.37. The van der Waals surface area contributed by atoms with Crippen LogP contribution in [0.2, 0.25) is 10.0 Å². The number of benzene rings is 3. The minimum atomic E-state index is -4.37. The normalized spacial score (nSPS) is 17.9. The van der Waals surface area contributed by atoms with Crippen LogP contribution in [0.25, 0.3) is 0 Å². The molecule has 0 aliphatic carbocycles. The summed E-state index contributed by atoms with van der Waals surface area (Å²) in [5.74, 6) is -8.42. The van der Waals surface area contributed by atoms with Crippen molar-refractivity contribution in [3.8, 4) is 0 Å². The van der Waals surface area contributed by atoms with Gasteiger partial charge in [-0.1, -0.05) is 89.9 Å². The highest BCUT2D eigenvalue weighted by Gasteiger charge is 2.62. The topological polar surface area (TPSA) is 223 Å². The second-order valence-electron chi connectivity index (χ2n) is 12.7. The van der Waals surface area contributed by atoms with Crippen molar-refractivity contribution in [2.45, 2.75) is 43.2 Å². The van der Waals surface area contributed by atoms with E-state index >= 15 is 0 Å². The zero-order chi connectivity index (χ0) is 40.1. The van der Waals surface area contributed by atoms with Crippen molar-refractivity contribution < 1.29 is 56.9 Å². The standard InChI is InChI=1S/C37H35Cl2N3O12S/c1-21(43)53-19-23-20-55(51,52)33-29(32(45)42(33)30(23)34(46)47)41-31(44)27(13-8-16-40-36(50)54-18-22-14-15-26(38)17-28(22)39)37(35(48)49,24-9-4-2-5-10-24)25-11-6-3-7-12-25/h2-7,9-12,14-15,17,27,29,33H,8,13,16,18-20H2,1H3,(H,40,50)(H,41,44)(H,46,47)(H,48,49)/t27-,29+,33+/m1/s1. The van der Waals surface area contributed by atoms with Crippen LogP contribution < -0.4 is 10.6 Å². The maximum absolute atomic E-state index is 14.5. The number of amides is 3. The van der Waals surface area contributed by atoms with Gasteiger partial charge < -0.3 is 30.3 Å². The van der Waals surface area contributed by atoms with Crippen molar-refractivity contribution in [2.75, 3.05) is 18.9 Å². The number of sulfone groups is 1. The number of carbonyl (C=O) groups is 6. The number of β-lactam (4-membered cyclic amide) rings is 1. The number of halogens is 2. The Balaban J connectivity index is 1.45. The number of hydrogen-bond donors (Lipinski definition) is 4. The molecule has 2 aliphatic rings. The highest BCUT2D eigenvalue weighted by atomic mass is 35.5. The molecule has 0 bridgehead atoms. The van der Waals surface area contributed by atoms with Crippen molar-refractivity contribution in [2.24, 2.45) is 5.92 Å². The molecule has 2 aliphatic heterocycles. The van der Waals surface area contributed by atoms with E-state index in [-0.39, 0.29) is 47.7 Å². The Morgan fingerprint density at radius 3 is 2.09 bits per heavy atom. The van der Waals surface area contributed by atoms with Crippen LogP contribution in [0.15, 0.2) is 90.1 Å². The Kier molecular flexibility index (Phi) is 12.5. The first-order valence-electron chi connectivity index (χ1n) is 16.7. The van der Waals surface area contributed by atoms with Crippen LogP contribution in [0.5, 0.6) is 0 Å². The largest absolute Gasteiger partial charge is 0.480 e. The van der Waals surface area contributed by atoms with Crippen LogP contribution in [-0.4, -0.2) is 89.7 Å². The number of carbonyl (C=O) groups excluding carboxylic acids is 4. The Morgan fingerprint density at radius 2 is 1.55 bits per heavy atom. The summed E-state index contributed by atoms with van der Waals surface area (Å²) < 4.78 is 37.1. The van der Waals surface area contributed by atoms with Crippen molar-refractivity contribution >= 4 is 68.9 Å². The van der Waals surface area contributed by atoms with Gasteiger partial charge in [-0.15, -0.1) is 0 Å². The first kappa shape index (κ1) is 40.7. The minimum Gasteiger partial charge on any atom is -0.480 e. The highest BCUT2D eigenvalue weighted by Crippen LogP contribution is 2.43. The third-order valence-corrected chi connectivity index (χ3v) is 11.8. The van der Waals surface area contributed by atoms with Gasteiger partial charge in [0.2, 0.25) is 5.91 Å². The third-order valence-electron chi connectivity index (χ3n) is 9.26. The van der Waals surface area contributed by atoms with Gasteiger partial charge in [0.05, 0.1) is 11.7 Å². The van der Waals surface area contributed by atoms with Crippen LogP contribution in [0.3, 0.4) is 0 Å². The molecule has 3 aromatic carbocycles. The van der Waals surface area contributed by atoms with Gasteiger partial charge in [0.1, 0.15) is 30.4 Å². The Bertz CT molecular complexity index is 2110. The number of nitrogens with one attached hydrogen (secondary N) is 2. The van der Waals surface area contributed by atoms with Crippen molar-refractivity contribution in [1.82, 2.24) is 15.5 Å². The molecule has 3 amide bonds. The van der Waals surface area contributed by atoms with Crippen LogP contribution in [0.1, 0.15) is 36.5 Å². The molecule has 3 aromatic rings. The maximum atomic E-state index is 14.5. The fraction of sp³-hybridized carbons (Fsp3) is 0.297. The molecule has 1 saturated heterocycles. The lowest BCUT2D eigenvalue weighted by atomic mass is 9.63. The molecular formula is C37H35Cl2N3O12S. The molecule has 0 unspecified atom stereocenters. The third kappa shape index (κ3) is 8.45. The van der Waals surface area contributed by atoms with Crippen LogP contribution >= 0.6 is 23.2 Å². The Morgan fingerprint density at radius 1 is 0.927 bits per heavy atom. The van der Waals surface area contributed by atoms with Gasteiger partial charge in [-0.2, -0.15) is 0 Å². The maximum Gasteiger partial charge on any atom is 0.407 e. The summed E-state index contributed by atoms with van der Waals surface area (Å²) in [4.78, 5) is 78.5. The first-order valence-corrected chi connectivity index (χ1v) is 19.2. The quantitative estimate of drug-likeness (QED) is 0.0981. The fourth-order valence-corrected chi connectivity index (χ4v) is 9.29. The zero-order valence-electron chi connectivity index (χ0n) is 29.1. The van der Waals surface area contributed by atoms with E-state index in [0.29, 0.717) is 15.5 Å². The monoisotopic (exact) mass is 815 g/mol. The lowest BCUT2D eigenvalue weighted by molar-refractivity contribution is -0.153. The highest BCUT2D eigenvalue weighted by molar-refractivity contribution is 7.92. The molecule has 0 spiro atoms. The van der Waals surface area contributed by atoms with Crippen molar-refractivity contribution in [3.05, 3.63) is 117 Å². The molecule has 0 radical (unpaired) electrons. The lowest BCUT2D eigenvalue weighted by Crippen LogP contribution is -2.75. The predicted octanol–water partition coefficient (Wildman–Crippen LogP) is 3.67. The van der Waals surface area contributed by atoms with Gasteiger partial charge in [-0.25, -0.2) is 18.0 Å². The summed E-state index contributed by atoms with van der Waals surface area (Å²) in [6.07, 6.45) is -1.05. The van der Waals surface area contributed by atoms with E-state index in [0.717, 1.165) is 6.92 Å². The van der Waals surface area contributed by atoms with Gasteiger partial charge in [0.25, 0.3) is 5.91 Å². The SMILES string of the molecule is CC(=O)OCC1=C(C(=O)O)N2C(=O)[C@H](NC(=O)[C@@H](CCCNC(=O)OCc3ccc(Cl)cc3Cl)C(C(=O)O)(c3ccccc3)c3ccccc3)[C@@H]2S(=O)(=O)C1. The molecule has 3 atom stereocenters. The van der Waals surface area contributed by atoms with Gasteiger partial charge >= 0.3 is 24.0 Å². The zero-order valence-corrected chi connectivity index (χ0v) is 31.4. The van der Waals surface area contributed by atoms with Gasteiger partial charge in [-0.05, 0) is 36.1 Å². The number of rotatable bonds is 15. The van der Waals surface area contributed by atoms with E-state index < -0.39 is 86.5 Å². The van der Waals surface area contributed by atoms with Gasteiger partial charge in [-0.3, -0.25) is 24.1 Å². The summed E-state index contributed by atoms with van der Waals surface area (Å²) in [5, 5.41) is 24.9. The van der Waals surface area contributed by atoms with Crippen LogP contribution in [-0.2, 0) is 55.3 Å². The smallest absolute Gasteiger partial charge is 0.407 e. The lowest BCUT2D eigenvalue weighted by Gasteiger charge is -2.49. The molecule has 5 rings (SSSR count). The number of carboxylic acid groups (broad SMARTS) is 2. The van der Waals surface area contributed by atoms with Crippen LogP contribution in [0, 0.1) is 5.92 Å². The van der Waals surface area contributed by atoms with E-state index in [2.05, 4.69) is 10.6 Å². The number of esters is 1. The molecule has 55 heavy (non-hydrogen) atoms. The summed E-state index contributed by atoms with van der Waals surface area (Å²) in [5.41, 5.74) is -2.27. The molecular weight excluding hydrogens is 781 g/mol.